The number of nitrogens with zero attached hydrogens (tertiary/aromatic N) is 1. The van der Waals surface area contributed by atoms with Gasteiger partial charge in [-0.3, -0.25) is 4.79 Å². The van der Waals surface area contributed by atoms with Crippen molar-refractivity contribution in [2.75, 3.05) is 6.54 Å². The fourth-order valence-corrected chi connectivity index (χ4v) is 3.37. The second-order valence-electron chi connectivity index (χ2n) is 4.84. The summed E-state index contributed by atoms with van der Waals surface area (Å²) in [6, 6.07) is 3.61. The summed E-state index contributed by atoms with van der Waals surface area (Å²) in [5.74, 6) is -0.243. The van der Waals surface area contributed by atoms with Crippen molar-refractivity contribution in [3.8, 4) is 11.3 Å². The molecule has 0 bridgehead atoms. The zero-order valence-corrected chi connectivity index (χ0v) is 13.5. The number of aliphatic hydroxyl groups is 1. The highest BCUT2D eigenvalue weighted by Gasteiger charge is 2.13. The first-order valence-corrected chi connectivity index (χ1v) is 8.55. The van der Waals surface area contributed by atoms with Crippen molar-refractivity contribution in [2.24, 2.45) is 0 Å². The summed E-state index contributed by atoms with van der Waals surface area (Å²) in [5.41, 5.74) is 3.01. The van der Waals surface area contributed by atoms with Crippen LogP contribution in [0.15, 0.2) is 34.5 Å². The summed E-state index contributed by atoms with van der Waals surface area (Å²) in [7, 11) is 0. The van der Waals surface area contributed by atoms with Crippen LogP contribution in [0, 0.1) is 6.92 Å². The predicted molar refractivity (Wildman–Crippen MR) is 88.2 cm³/mol. The Hall–Kier alpha value is -1.96. The first kappa shape index (κ1) is 15.0. The predicted octanol–water partition coefficient (Wildman–Crippen LogP) is 2.97. The number of hydrogen-bond donors (Lipinski definition) is 3. The quantitative estimate of drug-likeness (QED) is 0.672. The molecule has 7 heteroatoms. The van der Waals surface area contributed by atoms with E-state index in [1.807, 2.05) is 29.1 Å². The first-order chi connectivity index (χ1) is 10.6. The summed E-state index contributed by atoms with van der Waals surface area (Å²) in [5, 5.41) is 19.4. The highest BCUT2D eigenvalue weighted by atomic mass is 32.1. The van der Waals surface area contributed by atoms with Crippen LogP contribution in [0.1, 0.15) is 27.2 Å². The number of nitrogens with one attached hydrogen (secondary N) is 2. The number of aryl methyl sites for hydroxylation is 1. The molecule has 0 saturated carbocycles. The molecule has 0 radical (unpaired) electrons. The van der Waals surface area contributed by atoms with Crippen molar-refractivity contribution < 1.29 is 9.90 Å². The molecule has 3 aromatic rings. The Morgan fingerprint density at radius 2 is 2.36 bits per heavy atom. The summed E-state index contributed by atoms with van der Waals surface area (Å²) in [6.45, 7) is 2.12. The van der Waals surface area contributed by atoms with Gasteiger partial charge in [0.15, 0.2) is 0 Å². The van der Waals surface area contributed by atoms with E-state index in [4.69, 9.17) is 0 Å². The van der Waals surface area contributed by atoms with E-state index >= 15 is 0 Å². The fourth-order valence-electron chi connectivity index (χ4n) is 2.04. The minimum absolute atomic E-state index is 0.180. The van der Waals surface area contributed by atoms with E-state index in [0.29, 0.717) is 5.69 Å². The molecule has 5 nitrogen and oxygen atoms in total. The van der Waals surface area contributed by atoms with Crippen LogP contribution < -0.4 is 5.32 Å². The number of aliphatic hydroxyl groups excluding tert-OH is 1. The van der Waals surface area contributed by atoms with E-state index in [1.165, 1.54) is 11.3 Å². The Kier molecular flexibility index (Phi) is 4.37. The van der Waals surface area contributed by atoms with E-state index in [2.05, 4.69) is 15.3 Å². The van der Waals surface area contributed by atoms with Gasteiger partial charge in [-0.25, -0.2) is 4.98 Å². The summed E-state index contributed by atoms with van der Waals surface area (Å²) < 4.78 is 0. The van der Waals surface area contributed by atoms with E-state index in [9.17, 15) is 9.90 Å². The van der Waals surface area contributed by atoms with Crippen LogP contribution in [-0.2, 0) is 0 Å². The molecule has 3 N–H and O–H groups in total. The molecular formula is C15H15N3O2S2. The third-order valence-corrected chi connectivity index (χ3v) is 4.70. The SMILES string of the molecule is Cc1nc(-c2c[nH]c(C(=O)NCC(O)c3ccsc3)c2)cs1. The number of carbonyl (C=O) groups is 1. The van der Waals surface area contributed by atoms with Crippen LogP contribution in [0.25, 0.3) is 11.3 Å². The largest absolute Gasteiger partial charge is 0.387 e. The average molecular weight is 333 g/mol. The van der Waals surface area contributed by atoms with Gasteiger partial charge in [-0.15, -0.1) is 11.3 Å². The smallest absolute Gasteiger partial charge is 0.267 e. The van der Waals surface area contributed by atoms with Crippen LogP contribution in [0.5, 0.6) is 0 Å². The molecule has 0 spiro atoms. The lowest BCUT2D eigenvalue weighted by molar-refractivity contribution is 0.0912. The zero-order chi connectivity index (χ0) is 15.5. The number of amides is 1. The van der Waals surface area contributed by atoms with E-state index < -0.39 is 6.10 Å². The minimum Gasteiger partial charge on any atom is -0.387 e. The maximum atomic E-state index is 12.1. The molecule has 22 heavy (non-hydrogen) atoms. The van der Waals surface area contributed by atoms with Gasteiger partial charge in [0.05, 0.1) is 16.8 Å². The van der Waals surface area contributed by atoms with Gasteiger partial charge in [-0.1, -0.05) is 0 Å². The Bertz CT molecular complexity index is 761. The van der Waals surface area contributed by atoms with Crippen LogP contribution in [0.3, 0.4) is 0 Å². The van der Waals surface area contributed by atoms with Crippen LogP contribution in [-0.4, -0.2) is 27.5 Å². The summed E-state index contributed by atoms with van der Waals surface area (Å²) in [6.07, 6.45) is 1.07. The van der Waals surface area contributed by atoms with Gasteiger partial charge in [-0.2, -0.15) is 11.3 Å². The maximum absolute atomic E-state index is 12.1. The molecule has 0 saturated heterocycles. The molecular weight excluding hydrogens is 318 g/mol. The van der Waals surface area contributed by atoms with E-state index in [0.717, 1.165) is 21.8 Å². The molecule has 114 valence electrons. The summed E-state index contributed by atoms with van der Waals surface area (Å²) in [4.78, 5) is 19.4. The third-order valence-electron chi connectivity index (χ3n) is 3.23. The van der Waals surface area contributed by atoms with Gasteiger partial charge in [0.1, 0.15) is 5.69 Å². The van der Waals surface area contributed by atoms with Crippen molar-refractivity contribution in [2.45, 2.75) is 13.0 Å². The average Bonchev–Trinajstić information content (AvgIpc) is 3.23. The molecule has 0 aromatic carbocycles. The normalized spacial score (nSPS) is 12.3. The first-order valence-electron chi connectivity index (χ1n) is 6.73. The number of H-pyrrole nitrogens is 1. The van der Waals surface area contributed by atoms with Crippen LogP contribution >= 0.6 is 22.7 Å². The number of carbonyl (C=O) groups excluding carboxylic acids is 1. The maximum Gasteiger partial charge on any atom is 0.267 e. The van der Waals surface area contributed by atoms with Crippen molar-refractivity contribution in [1.29, 1.82) is 0 Å². The number of thiazole rings is 1. The van der Waals surface area contributed by atoms with Gasteiger partial charge in [-0.05, 0) is 35.4 Å². The highest BCUT2D eigenvalue weighted by molar-refractivity contribution is 7.09. The Morgan fingerprint density at radius 3 is 3.05 bits per heavy atom. The lowest BCUT2D eigenvalue weighted by atomic mass is 10.2. The summed E-state index contributed by atoms with van der Waals surface area (Å²) >= 11 is 3.09. The lowest BCUT2D eigenvalue weighted by Gasteiger charge is -2.09. The number of aromatic amines is 1. The van der Waals surface area contributed by atoms with E-state index in [-0.39, 0.29) is 12.5 Å². The van der Waals surface area contributed by atoms with Gasteiger partial charge < -0.3 is 15.4 Å². The zero-order valence-electron chi connectivity index (χ0n) is 11.9. The highest BCUT2D eigenvalue weighted by Crippen LogP contribution is 2.22. The molecule has 0 aliphatic carbocycles. The molecule has 3 aromatic heterocycles. The van der Waals surface area contributed by atoms with Crippen molar-refractivity contribution in [3.05, 3.63) is 50.7 Å². The topological polar surface area (TPSA) is 78.0 Å². The third kappa shape index (κ3) is 3.27. The molecule has 1 atom stereocenters. The van der Waals surface area contributed by atoms with Gasteiger partial charge in [0.25, 0.3) is 5.91 Å². The van der Waals surface area contributed by atoms with Gasteiger partial charge in [0, 0.05) is 23.7 Å². The Labute approximate surface area is 135 Å². The van der Waals surface area contributed by atoms with Crippen molar-refractivity contribution in [1.82, 2.24) is 15.3 Å². The number of rotatable bonds is 5. The number of aromatic nitrogens is 2. The second kappa shape index (κ2) is 6.43. The molecule has 3 heterocycles. The van der Waals surface area contributed by atoms with Gasteiger partial charge in [0.2, 0.25) is 0 Å². The molecule has 0 fully saturated rings. The monoisotopic (exact) mass is 333 g/mol. The van der Waals surface area contributed by atoms with Crippen molar-refractivity contribution in [3.63, 3.8) is 0 Å². The number of hydrogen-bond acceptors (Lipinski definition) is 5. The second-order valence-corrected chi connectivity index (χ2v) is 6.68. The lowest BCUT2D eigenvalue weighted by Crippen LogP contribution is -2.28. The fraction of sp³-hybridized carbons (Fsp3) is 0.200. The molecule has 1 unspecified atom stereocenters. The Balaban J connectivity index is 1.62. The minimum atomic E-state index is -0.689. The van der Waals surface area contributed by atoms with E-state index in [1.54, 1.807) is 23.6 Å². The van der Waals surface area contributed by atoms with Crippen molar-refractivity contribution >= 4 is 28.6 Å². The van der Waals surface area contributed by atoms with Gasteiger partial charge >= 0.3 is 0 Å². The van der Waals surface area contributed by atoms with Crippen LogP contribution in [0.2, 0.25) is 0 Å². The molecule has 3 rings (SSSR count). The Morgan fingerprint density at radius 1 is 1.50 bits per heavy atom. The molecule has 0 aliphatic rings. The standard InChI is InChI=1S/C15H15N3O2S2/c1-9-18-13(8-22-9)11-4-12(16-5-11)15(20)17-6-14(19)10-2-3-21-7-10/h2-5,7-8,14,16,19H,6H2,1H3,(H,17,20). The van der Waals surface area contributed by atoms with Crippen LogP contribution in [0.4, 0.5) is 0 Å². The number of thiophene rings is 1. The molecule has 0 aliphatic heterocycles. The molecule has 1 amide bonds.